The van der Waals surface area contributed by atoms with E-state index in [-0.39, 0.29) is 0 Å². The van der Waals surface area contributed by atoms with Gasteiger partial charge >= 0.3 is 5.97 Å². The summed E-state index contributed by atoms with van der Waals surface area (Å²) in [6.07, 6.45) is 0.306. The van der Waals surface area contributed by atoms with Gasteiger partial charge < -0.3 is 9.84 Å². The monoisotopic (exact) mass is 426 g/mol. The van der Waals surface area contributed by atoms with E-state index < -0.39 is 11.9 Å². The van der Waals surface area contributed by atoms with Crippen LogP contribution in [0.3, 0.4) is 0 Å². The number of carbonyl (C=O) groups is 1. The largest absolute Gasteiger partial charge is 0.497 e. The summed E-state index contributed by atoms with van der Waals surface area (Å²) >= 11 is 0. The van der Waals surface area contributed by atoms with Crippen LogP contribution in [-0.4, -0.2) is 28.0 Å². The van der Waals surface area contributed by atoms with Crippen molar-refractivity contribution in [3.05, 3.63) is 101 Å². The Morgan fingerprint density at radius 2 is 1.69 bits per heavy atom. The average Bonchev–Trinajstić information content (AvgIpc) is 3.22. The molecule has 3 aromatic carbocycles. The van der Waals surface area contributed by atoms with E-state index in [1.54, 1.807) is 7.11 Å². The van der Waals surface area contributed by atoms with Crippen molar-refractivity contribution >= 4 is 5.97 Å². The molecule has 0 aliphatic carbocycles. The van der Waals surface area contributed by atoms with Crippen LogP contribution in [0.4, 0.5) is 0 Å². The lowest BCUT2D eigenvalue weighted by Crippen LogP contribution is -2.15. The van der Waals surface area contributed by atoms with Gasteiger partial charge in [-0.15, -0.1) is 0 Å². The summed E-state index contributed by atoms with van der Waals surface area (Å²) in [7, 11) is 1.64. The zero-order chi connectivity index (χ0) is 22.7. The Hall–Kier alpha value is -3.86. The summed E-state index contributed by atoms with van der Waals surface area (Å²) in [4.78, 5) is 12.1. The molecule has 1 heterocycles. The van der Waals surface area contributed by atoms with Crippen molar-refractivity contribution in [2.75, 3.05) is 7.11 Å². The van der Waals surface area contributed by atoms with E-state index in [2.05, 4.69) is 31.2 Å². The van der Waals surface area contributed by atoms with Gasteiger partial charge in [-0.2, -0.15) is 5.10 Å². The lowest BCUT2D eigenvalue weighted by atomic mass is 9.93. The van der Waals surface area contributed by atoms with Gasteiger partial charge in [0.25, 0.3) is 0 Å². The molecule has 0 spiro atoms. The van der Waals surface area contributed by atoms with Gasteiger partial charge in [0, 0.05) is 12.0 Å². The number of aliphatic carboxylic acids is 1. The van der Waals surface area contributed by atoms with Gasteiger partial charge in [0.05, 0.1) is 30.1 Å². The Bertz CT molecular complexity index is 1220. The first-order chi connectivity index (χ1) is 15.4. The topological polar surface area (TPSA) is 64.4 Å². The first-order valence-electron chi connectivity index (χ1n) is 10.5. The first-order valence-corrected chi connectivity index (χ1v) is 10.5. The van der Waals surface area contributed by atoms with E-state index in [1.165, 1.54) is 5.56 Å². The number of carboxylic acid groups (broad SMARTS) is 1. The molecule has 0 aliphatic rings. The molecule has 0 saturated heterocycles. The third-order valence-electron chi connectivity index (χ3n) is 5.58. The molecule has 0 radical (unpaired) electrons. The number of ether oxygens (including phenoxy) is 1. The van der Waals surface area contributed by atoms with Crippen LogP contribution in [-0.2, 0) is 11.2 Å². The van der Waals surface area contributed by atoms with E-state index in [9.17, 15) is 9.90 Å². The Kier molecular flexibility index (Phi) is 6.08. The Labute approximate surface area is 187 Å². The lowest BCUT2D eigenvalue weighted by molar-refractivity contribution is -0.138. The summed E-state index contributed by atoms with van der Waals surface area (Å²) < 4.78 is 7.15. The summed E-state index contributed by atoms with van der Waals surface area (Å²) in [5, 5.41) is 14.7. The number of benzene rings is 3. The third-order valence-corrected chi connectivity index (χ3v) is 5.58. The predicted molar refractivity (Wildman–Crippen MR) is 126 cm³/mol. The minimum absolute atomic E-state index is 0.306. The van der Waals surface area contributed by atoms with Crippen LogP contribution in [0.25, 0.3) is 16.9 Å². The summed E-state index contributed by atoms with van der Waals surface area (Å²) in [5.41, 5.74) is 6.55. The Morgan fingerprint density at radius 1 is 0.969 bits per heavy atom. The fraction of sp³-hybridized carbons (Fsp3) is 0.185. The first kappa shape index (κ1) is 21.4. The van der Waals surface area contributed by atoms with Crippen LogP contribution < -0.4 is 4.74 Å². The van der Waals surface area contributed by atoms with Gasteiger partial charge in [-0.1, -0.05) is 59.7 Å². The molecule has 1 N–H and O–H groups in total. The van der Waals surface area contributed by atoms with E-state index in [0.717, 1.165) is 39.5 Å². The number of hydrogen-bond donors (Lipinski definition) is 1. The van der Waals surface area contributed by atoms with Gasteiger partial charge in [-0.25, -0.2) is 4.68 Å². The molecule has 0 fully saturated rings. The molecule has 0 aliphatic heterocycles. The highest BCUT2D eigenvalue weighted by molar-refractivity contribution is 5.76. The average molecular weight is 427 g/mol. The molecule has 32 heavy (non-hydrogen) atoms. The normalized spacial score (nSPS) is 11.8. The van der Waals surface area contributed by atoms with E-state index in [1.807, 2.05) is 66.2 Å². The molecule has 5 heteroatoms. The molecular weight excluding hydrogens is 400 g/mol. The van der Waals surface area contributed by atoms with Crippen molar-refractivity contribution in [3.8, 4) is 22.7 Å². The Morgan fingerprint density at radius 3 is 2.31 bits per heavy atom. The highest BCUT2D eigenvalue weighted by Crippen LogP contribution is 2.29. The molecule has 1 aromatic heterocycles. The summed E-state index contributed by atoms with van der Waals surface area (Å²) in [6, 6.07) is 25.6. The van der Waals surface area contributed by atoms with Crippen molar-refractivity contribution in [1.29, 1.82) is 0 Å². The SMILES string of the molecule is COc1ccc(-n2nc(CC(C(=O)O)c3cccc(C)c3)cc2-c2ccc(C)cc2)cc1. The van der Waals surface area contributed by atoms with Gasteiger partial charge in [-0.05, 0) is 49.7 Å². The van der Waals surface area contributed by atoms with Crippen LogP contribution in [0, 0.1) is 13.8 Å². The molecule has 1 atom stereocenters. The zero-order valence-corrected chi connectivity index (χ0v) is 18.4. The van der Waals surface area contributed by atoms with Crippen molar-refractivity contribution < 1.29 is 14.6 Å². The third kappa shape index (κ3) is 4.57. The van der Waals surface area contributed by atoms with Crippen molar-refractivity contribution in [2.45, 2.75) is 26.2 Å². The van der Waals surface area contributed by atoms with E-state index in [4.69, 9.17) is 9.84 Å². The van der Waals surface area contributed by atoms with Gasteiger partial charge in [0.1, 0.15) is 5.75 Å². The van der Waals surface area contributed by atoms with Crippen LogP contribution in [0.2, 0.25) is 0 Å². The molecule has 162 valence electrons. The number of rotatable bonds is 7. The van der Waals surface area contributed by atoms with E-state index in [0.29, 0.717) is 6.42 Å². The number of hydrogen-bond acceptors (Lipinski definition) is 3. The second-order valence-corrected chi connectivity index (χ2v) is 8.01. The molecule has 4 aromatic rings. The van der Waals surface area contributed by atoms with Gasteiger partial charge in [0.15, 0.2) is 0 Å². The molecule has 0 saturated carbocycles. The van der Waals surface area contributed by atoms with Crippen LogP contribution in [0.1, 0.15) is 28.3 Å². The number of nitrogens with zero attached hydrogens (tertiary/aromatic N) is 2. The fourth-order valence-electron chi connectivity index (χ4n) is 3.82. The number of aromatic nitrogens is 2. The van der Waals surface area contributed by atoms with E-state index >= 15 is 0 Å². The smallest absolute Gasteiger partial charge is 0.311 e. The maximum atomic E-state index is 12.1. The Balaban J connectivity index is 1.77. The van der Waals surface area contributed by atoms with Gasteiger partial charge in [-0.3, -0.25) is 4.79 Å². The predicted octanol–water partition coefficient (Wildman–Crippen LogP) is 5.58. The molecule has 1 unspecified atom stereocenters. The quantitative estimate of drug-likeness (QED) is 0.419. The van der Waals surface area contributed by atoms with Crippen molar-refractivity contribution in [1.82, 2.24) is 9.78 Å². The van der Waals surface area contributed by atoms with Crippen LogP contribution in [0.5, 0.6) is 5.75 Å². The lowest BCUT2D eigenvalue weighted by Gasteiger charge is -2.12. The van der Waals surface area contributed by atoms with Crippen molar-refractivity contribution in [2.24, 2.45) is 0 Å². The maximum absolute atomic E-state index is 12.1. The molecule has 0 amide bonds. The van der Waals surface area contributed by atoms with Gasteiger partial charge in [0.2, 0.25) is 0 Å². The second-order valence-electron chi connectivity index (χ2n) is 8.01. The summed E-state index contributed by atoms with van der Waals surface area (Å²) in [5.74, 6) is -0.755. The minimum Gasteiger partial charge on any atom is -0.497 e. The number of methoxy groups -OCH3 is 1. The standard InChI is InChI=1S/C27H26N2O3/c1-18-7-9-20(10-8-18)26-17-22(28-29(26)23-11-13-24(32-3)14-12-23)16-25(27(30)31)21-6-4-5-19(2)15-21/h4-15,17,25H,16H2,1-3H3,(H,30,31). The highest BCUT2D eigenvalue weighted by atomic mass is 16.5. The number of aryl methyl sites for hydroxylation is 2. The van der Waals surface area contributed by atoms with Crippen LogP contribution in [0.15, 0.2) is 78.9 Å². The number of carboxylic acids is 1. The fourth-order valence-corrected chi connectivity index (χ4v) is 3.82. The van der Waals surface area contributed by atoms with Crippen molar-refractivity contribution in [3.63, 3.8) is 0 Å². The zero-order valence-electron chi connectivity index (χ0n) is 18.4. The minimum atomic E-state index is -0.855. The molecule has 4 rings (SSSR count). The molecular formula is C27H26N2O3. The van der Waals surface area contributed by atoms with Crippen LogP contribution >= 0.6 is 0 Å². The molecule has 5 nitrogen and oxygen atoms in total. The maximum Gasteiger partial charge on any atom is 0.311 e. The highest BCUT2D eigenvalue weighted by Gasteiger charge is 2.23. The second kappa shape index (κ2) is 9.10. The summed E-state index contributed by atoms with van der Waals surface area (Å²) in [6.45, 7) is 4.02. The molecule has 0 bridgehead atoms.